The quantitative estimate of drug-likeness (QED) is 0.631. The molecule has 6 nitrogen and oxygen atoms in total. The van der Waals surface area contributed by atoms with Gasteiger partial charge in [-0.15, -0.1) is 10.2 Å². The van der Waals surface area contributed by atoms with E-state index in [0.717, 1.165) is 33.8 Å². The summed E-state index contributed by atoms with van der Waals surface area (Å²) < 4.78 is 9.62. The van der Waals surface area contributed by atoms with E-state index in [1.807, 2.05) is 35.0 Å². The molecular formula is C18H16BrN5O. The lowest BCUT2D eigenvalue weighted by Gasteiger charge is -2.36. The lowest BCUT2D eigenvalue weighted by atomic mass is 9.95. The normalized spacial score (nSPS) is 25.1. The van der Waals surface area contributed by atoms with Crippen molar-refractivity contribution < 1.29 is 4.74 Å². The molecule has 0 amide bonds. The van der Waals surface area contributed by atoms with Gasteiger partial charge < -0.3 is 4.74 Å². The third-order valence-corrected chi connectivity index (χ3v) is 5.33. The smallest absolute Gasteiger partial charge is 0.193 e. The summed E-state index contributed by atoms with van der Waals surface area (Å²) >= 11 is 3.62. The van der Waals surface area contributed by atoms with E-state index in [4.69, 9.17) is 4.74 Å². The van der Waals surface area contributed by atoms with Crippen molar-refractivity contribution in [1.29, 1.82) is 0 Å². The van der Waals surface area contributed by atoms with Gasteiger partial charge in [0.15, 0.2) is 11.5 Å². The van der Waals surface area contributed by atoms with Gasteiger partial charge in [0.1, 0.15) is 6.33 Å². The monoisotopic (exact) mass is 397 g/mol. The molecule has 1 fully saturated rings. The van der Waals surface area contributed by atoms with Gasteiger partial charge >= 0.3 is 0 Å². The molecule has 7 heteroatoms. The van der Waals surface area contributed by atoms with Crippen molar-refractivity contribution in [3.63, 3.8) is 0 Å². The molecule has 2 atom stereocenters. The van der Waals surface area contributed by atoms with Gasteiger partial charge in [-0.1, -0.05) is 22.0 Å². The Balaban J connectivity index is 1.86. The molecule has 0 N–H and O–H groups in total. The standard InChI is InChI=1S/C18H16BrN5O/c1-12-9-23-10-17-22-21-11-24(17)15-6-5-13(19)8-14(15)18(23,25-12)16-4-2-3-7-20-16/h2-8,11-12H,9-10H2,1H3. The molecule has 2 aliphatic rings. The van der Waals surface area contributed by atoms with Crippen LogP contribution < -0.4 is 0 Å². The van der Waals surface area contributed by atoms with E-state index in [1.165, 1.54) is 0 Å². The average molecular weight is 398 g/mol. The van der Waals surface area contributed by atoms with E-state index in [1.54, 1.807) is 6.33 Å². The Labute approximate surface area is 153 Å². The Hall–Kier alpha value is -2.09. The van der Waals surface area contributed by atoms with Crippen LogP contribution in [0.4, 0.5) is 0 Å². The van der Waals surface area contributed by atoms with E-state index in [2.05, 4.69) is 55.1 Å². The summed E-state index contributed by atoms with van der Waals surface area (Å²) in [7, 11) is 0. The van der Waals surface area contributed by atoms with Gasteiger partial charge in [-0.05, 0) is 37.3 Å². The largest absolute Gasteiger partial charge is 0.346 e. The van der Waals surface area contributed by atoms with E-state index < -0.39 is 5.72 Å². The maximum atomic E-state index is 6.58. The molecular weight excluding hydrogens is 382 g/mol. The fourth-order valence-electron chi connectivity index (χ4n) is 3.90. The summed E-state index contributed by atoms with van der Waals surface area (Å²) in [6.07, 6.45) is 3.67. The summed E-state index contributed by atoms with van der Waals surface area (Å²) in [5.41, 5.74) is 2.21. The molecule has 1 aromatic carbocycles. The third-order valence-electron chi connectivity index (χ3n) is 4.84. The average Bonchev–Trinajstić information content (AvgIpc) is 3.19. The highest BCUT2D eigenvalue weighted by Gasteiger charge is 2.52. The van der Waals surface area contributed by atoms with Crippen molar-refractivity contribution in [3.05, 3.63) is 70.5 Å². The van der Waals surface area contributed by atoms with Crippen LogP contribution >= 0.6 is 15.9 Å². The van der Waals surface area contributed by atoms with Crippen LogP contribution in [0.25, 0.3) is 5.69 Å². The molecule has 0 aliphatic carbocycles. The minimum atomic E-state index is -0.736. The van der Waals surface area contributed by atoms with Gasteiger partial charge in [-0.3, -0.25) is 14.5 Å². The molecule has 0 bridgehead atoms. The number of hydrogen-bond acceptors (Lipinski definition) is 5. The molecule has 25 heavy (non-hydrogen) atoms. The zero-order chi connectivity index (χ0) is 17.0. The van der Waals surface area contributed by atoms with Crippen LogP contribution in [0.2, 0.25) is 0 Å². The molecule has 5 rings (SSSR count). The topological polar surface area (TPSA) is 56.1 Å². The number of fused-ring (bicyclic) bond motifs is 5. The Morgan fingerprint density at radius 3 is 3.04 bits per heavy atom. The van der Waals surface area contributed by atoms with Crippen molar-refractivity contribution in [1.82, 2.24) is 24.6 Å². The maximum Gasteiger partial charge on any atom is 0.193 e. The number of pyridine rings is 1. The van der Waals surface area contributed by atoms with Crippen molar-refractivity contribution in [3.8, 4) is 5.69 Å². The number of benzene rings is 1. The van der Waals surface area contributed by atoms with Crippen LogP contribution in [0.3, 0.4) is 0 Å². The molecule has 0 spiro atoms. The van der Waals surface area contributed by atoms with Crippen LogP contribution in [0.15, 0.2) is 53.4 Å². The maximum absolute atomic E-state index is 6.58. The zero-order valence-electron chi connectivity index (χ0n) is 13.6. The molecule has 2 aliphatic heterocycles. The van der Waals surface area contributed by atoms with Gasteiger partial charge in [0.05, 0.1) is 24.0 Å². The number of ether oxygens (including phenoxy) is 1. The third kappa shape index (κ3) is 2.13. The molecule has 126 valence electrons. The molecule has 0 saturated carbocycles. The first-order valence-corrected chi connectivity index (χ1v) is 9.01. The van der Waals surface area contributed by atoms with Crippen LogP contribution in [-0.4, -0.2) is 37.3 Å². The molecule has 2 unspecified atom stereocenters. The minimum absolute atomic E-state index is 0.0864. The second-order valence-corrected chi connectivity index (χ2v) is 7.36. The number of halogens is 1. The van der Waals surface area contributed by atoms with Gasteiger partial charge in [0.2, 0.25) is 0 Å². The SMILES string of the molecule is CC1CN2Cc3nncn3-c3ccc(Br)cc3C2(c2ccccn2)O1. The predicted octanol–water partition coefficient (Wildman–Crippen LogP) is 2.86. The number of nitrogens with zero attached hydrogens (tertiary/aromatic N) is 5. The first-order chi connectivity index (χ1) is 12.2. The van der Waals surface area contributed by atoms with Crippen LogP contribution in [-0.2, 0) is 17.0 Å². The lowest BCUT2D eigenvalue weighted by molar-refractivity contribution is -0.0790. The highest BCUT2D eigenvalue weighted by atomic mass is 79.9. The number of aromatic nitrogens is 4. The highest BCUT2D eigenvalue weighted by Crippen LogP contribution is 2.47. The van der Waals surface area contributed by atoms with Crippen LogP contribution in [0.5, 0.6) is 0 Å². The number of hydrogen-bond donors (Lipinski definition) is 0. The zero-order valence-corrected chi connectivity index (χ0v) is 15.2. The number of rotatable bonds is 1. The van der Waals surface area contributed by atoms with E-state index >= 15 is 0 Å². The van der Waals surface area contributed by atoms with Gasteiger partial charge in [0, 0.05) is 22.8 Å². The first-order valence-electron chi connectivity index (χ1n) is 8.22. The molecule has 1 saturated heterocycles. The van der Waals surface area contributed by atoms with Crippen molar-refractivity contribution >= 4 is 15.9 Å². The Morgan fingerprint density at radius 2 is 2.20 bits per heavy atom. The van der Waals surface area contributed by atoms with Gasteiger partial charge in [-0.25, -0.2) is 0 Å². The minimum Gasteiger partial charge on any atom is -0.346 e. The Bertz CT molecular complexity index is 944. The molecule has 4 heterocycles. The van der Waals surface area contributed by atoms with Crippen molar-refractivity contribution in [2.75, 3.05) is 6.54 Å². The Kier molecular flexibility index (Phi) is 3.31. The molecule has 0 radical (unpaired) electrons. The lowest BCUT2D eigenvalue weighted by Crippen LogP contribution is -2.43. The summed E-state index contributed by atoms with van der Waals surface area (Å²) in [4.78, 5) is 6.96. The van der Waals surface area contributed by atoms with Crippen molar-refractivity contribution in [2.45, 2.75) is 25.3 Å². The van der Waals surface area contributed by atoms with Gasteiger partial charge in [0.25, 0.3) is 0 Å². The van der Waals surface area contributed by atoms with Gasteiger partial charge in [-0.2, -0.15) is 0 Å². The fraction of sp³-hybridized carbons (Fsp3) is 0.278. The fourth-order valence-corrected chi connectivity index (χ4v) is 4.26. The van der Waals surface area contributed by atoms with E-state index in [-0.39, 0.29) is 6.10 Å². The summed E-state index contributed by atoms with van der Waals surface area (Å²) in [5.74, 6) is 0.902. The molecule has 2 aromatic heterocycles. The predicted molar refractivity (Wildman–Crippen MR) is 95.0 cm³/mol. The second-order valence-electron chi connectivity index (χ2n) is 6.45. The summed E-state index contributed by atoms with van der Waals surface area (Å²) in [6.45, 7) is 3.55. The molecule has 3 aromatic rings. The Morgan fingerprint density at radius 1 is 1.28 bits per heavy atom. The van der Waals surface area contributed by atoms with E-state index in [0.29, 0.717) is 6.54 Å². The second kappa shape index (κ2) is 5.45. The summed E-state index contributed by atoms with van der Waals surface area (Å²) in [6, 6.07) is 12.2. The van der Waals surface area contributed by atoms with Crippen LogP contribution in [0, 0.1) is 0 Å². The van der Waals surface area contributed by atoms with Crippen molar-refractivity contribution in [2.24, 2.45) is 0 Å². The first kappa shape index (κ1) is 15.2. The highest BCUT2D eigenvalue weighted by molar-refractivity contribution is 9.10. The van der Waals surface area contributed by atoms with Crippen LogP contribution in [0.1, 0.15) is 24.0 Å². The summed E-state index contributed by atoms with van der Waals surface area (Å²) in [5, 5.41) is 8.45. The van der Waals surface area contributed by atoms with E-state index in [9.17, 15) is 0 Å².